The highest BCUT2D eigenvalue weighted by molar-refractivity contribution is 6.60. The van der Waals surface area contributed by atoms with E-state index in [4.69, 9.17) is 4.42 Å². The van der Waals surface area contributed by atoms with Gasteiger partial charge in [-0.3, -0.25) is 0 Å². The molecular weight excluding hydrogens is 231 g/mol. The zero-order valence-electron chi connectivity index (χ0n) is 13.2. The van der Waals surface area contributed by atoms with E-state index in [1.807, 2.05) is 12.3 Å². The van der Waals surface area contributed by atoms with Gasteiger partial charge in [0.25, 0.3) is 0 Å². The second-order valence-electron chi connectivity index (χ2n) is 5.81. The molecule has 1 aromatic rings. The SMILES string of the molecule is CCCCB(CCCC)C(CCCC)c1ccco1. The maximum Gasteiger partial charge on any atom is 0.152 e. The average Bonchev–Trinajstić information content (AvgIpc) is 2.95. The lowest BCUT2D eigenvalue weighted by Crippen LogP contribution is -2.23. The molecule has 0 spiro atoms. The highest BCUT2D eigenvalue weighted by Gasteiger charge is 2.27. The predicted molar refractivity (Wildman–Crippen MR) is 86.2 cm³/mol. The first-order chi connectivity index (χ1) is 9.33. The third-order valence-electron chi connectivity index (χ3n) is 4.20. The molecule has 0 aromatic carbocycles. The zero-order valence-corrected chi connectivity index (χ0v) is 13.2. The highest BCUT2D eigenvalue weighted by Crippen LogP contribution is 2.31. The van der Waals surface area contributed by atoms with E-state index in [1.54, 1.807) is 0 Å². The normalized spacial score (nSPS) is 12.6. The fourth-order valence-corrected chi connectivity index (χ4v) is 3.02. The average molecular weight is 262 g/mol. The van der Waals surface area contributed by atoms with Gasteiger partial charge in [-0.15, -0.1) is 0 Å². The Kier molecular flexibility index (Phi) is 8.78. The van der Waals surface area contributed by atoms with Crippen molar-refractivity contribution in [3.8, 4) is 0 Å². The van der Waals surface area contributed by atoms with Gasteiger partial charge >= 0.3 is 0 Å². The molecule has 0 radical (unpaired) electrons. The van der Waals surface area contributed by atoms with Gasteiger partial charge in [0.05, 0.1) is 12.0 Å². The Labute approximate surface area is 120 Å². The number of hydrogen-bond acceptors (Lipinski definition) is 1. The molecule has 1 atom stereocenters. The van der Waals surface area contributed by atoms with Crippen molar-refractivity contribution >= 4 is 6.71 Å². The van der Waals surface area contributed by atoms with Gasteiger partial charge in [-0.25, -0.2) is 0 Å². The molecule has 1 rings (SSSR count). The van der Waals surface area contributed by atoms with Crippen LogP contribution in [0.25, 0.3) is 0 Å². The largest absolute Gasteiger partial charge is 0.470 e. The lowest BCUT2D eigenvalue weighted by Gasteiger charge is -2.23. The molecule has 1 nitrogen and oxygen atoms in total. The summed E-state index contributed by atoms with van der Waals surface area (Å²) in [5.41, 5.74) is 0. The summed E-state index contributed by atoms with van der Waals surface area (Å²) in [6.45, 7) is 7.69. The first-order valence-corrected chi connectivity index (χ1v) is 8.36. The summed E-state index contributed by atoms with van der Waals surface area (Å²) < 4.78 is 5.73. The quantitative estimate of drug-likeness (QED) is 0.433. The van der Waals surface area contributed by atoms with Crippen molar-refractivity contribution in [2.24, 2.45) is 0 Å². The van der Waals surface area contributed by atoms with Crippen LogP contribution in [0, 0.1) is 0 Å². The molecule has 19 heavy (non-hydrogen) atoms. The van der Waals surface area contributed by atoms with Crippen molar-refractivity contribution in [1.29, 1.82) is 0 Å². The second kappa shape index (κ2) is 10.2. The molecule has 0 N–H and O–H groups in total. The van der Waals surface area contributed by atoms with Gasteiger partial charge in [-0.05, 0) is 24.4 Å². The Bertz CT molecular complexity index is 286. The monoisotopic (exact) mass is 262 g/mol. The molecule has 1 aromatic heterocycles. The minimum Gasteiger partial charge on any atom is -0.470 e. The number of rotatable bonds is 11. The Hall–Kier alpha value is -0.655. The molecule has 0 fully saturated rings. The molecule has 0 saturated carbocycles. The smallest absolute Gasteiger partial charge is 0.152 e. The van der Waals surface area contributed by atoms with Crippen molar-refractivity contribution in [1.82, 2.24) is 0 Å². The Morgan fingerprint density at radius 1 is 1.00 bits per heavy atom. The number of unbranched alkanes of at least 4 members (excludes halogenated alkanes) is 3. The van der Waals surface area contributed by atoms with Crippen molar-refractivity contribution in [2.45, 2.75) is 84.2 Å². The lowest BCUT2D eigenvalue weighted by molar-refractivity contribution is 0.483. The van der Waals surface area contributed by atoms with Crippen LogP contribution in [0.3, 0.4) is 0 Å². The standard InChI is InChI=1S/C17H31BO/c1-4-7-11-16(17-12-10-15-19-17)18(13-8-5-2)14-9-6-3/h10,12,15-16H,4-9,11,13-14H2,1-3H3. The zero-order chi connectivity index (χ0) is 13.9. The van der Waals surface area contributed by atoms with Gasteiger partial charge in [0, 0.05) is 0 Å². The van der Waals surface area contributed by atoms with Crippen LogP contribution >= 0.6 is 0 Å². The molecular formula is C17H31BO. The topological polar surface area (TPSA) is 13.1 Å². The molecule has 2 heteroatoms. The van der Waals surface area contributed by atoms with Gasteiger partial charge < -0.3 is 4.42 Å². The summed E-state index contributed by atoms with van der Waals surface area (Å²) in [5.74, 6) is 1.87. The Balaban J connectivity index is 2.70. The summed E-state index contributed by atoms with van der Waals surface area (Å²) in [5, 5.41) is 0. The number of furan rings is 1. The summed E-state index contributed by atoms with van der Waals surface area (Å²) in [6, 6.07) is 4.23. The fourth-order valence-electron chi connectivity index (χ4n) is 3.02. The molecule has 1 heterocycles. The fraction of sp³-hybridized carbons (Fsp3) is 0.765. The van der Waals surface area contributed by atoms with Crippen molar-refractivity contribution in [2.75, 3.05) is 0 Å². The van der Waals surface area contributed by atoms with Crippen LogP contribution in [0.15, 0.2) is 22.8 Å². The van der Waals surface area contributed by atoms with Crippen LogP contribution in [-0.4, -0.2) is 6.71 Å². The number of hydrogen-bond donors (Lipinski definition) is 0. The summed E-state index contributed by atoms with van der Waals surface area (Å²) in [7, 11) is 0. The van der Waals surface area contributed by atoms with E-state index in [9.17, 15) is 0 Å². The maximum atomic E-state index is 5.73. The molecule has 0 saturated heterocycles. The van der Waals surface area contributed by atoms with E-state index in [-0.39, 0.29) is 0 Å². The van der Waals surface area contributed by atoms with Crippen LogP contribution in [0.1, 0.15) is 77.3 Å². The molecule has 0 aliphatic heterocycles. The molecule has 1 unspecified atom stereocenters. The van der Waals surface area contributed by atoms with E-state index in [0.29, 0.717) is 5.82 Å². The highest BCUT2D eigenvalue weighted by atomic mass is 16.3. The van der Waals surface area contributed by atoms with Crippen LogP contribution in [0.4, 0.5) is 0 Å². The van der Waals surface area contributed by atoms with Crippen LogP contribution in [0.5, 0.6) is 0 Å². The minimum absolute atomic E-state index is 0.646. The van der Waals surface area contributed by atoms with Crippen molar-refractivity contribution in [3.05, 3.63) is 24.2 Å². The van der Waals surface area contributed by atoms with Crippen LogP contribution in [0.2, 0.25) is 12.6 Å². The first-order valence-electron chi connectivity index (χ1n) is 8.36. The van der Waals surface area contributed by atoms with Gasteiger partial charge in [0.15, 0.2) is 6.71 Å². The molecule has 0 amide bonds. The Morgan fingerprint density at radius 3 is 2.11 bits per heavy atom. The summed E-state index contributed by atoms with van der Waals surface area (Å²) in [6.07, 6.45) is 13.8. The van der Waals surface area contributed by atoms with Gasteiger partial charge in [0.2, 0.25) is 0 Å². The van der Waals surface area contributed by atoms with E-state index < -0.39 is 0 Å². The van der Waals surface area contributed by atoms with Crippen LogP contribution in [-0.2, 0) is 0 Å². The summed E-state index contributed by atoms with van der Waals surface area (Å²) >= 11 is 0. The van der Waals surface area contributed by atoms with Gasteiger partial charge in [-0.1, -0.05) is 71.9 Å². The van der Waals surface area contributed by atoms with E-state index in [0.717, 1.165) is 6.71 Å². The minimum atomic E-state index is 0.646. The van der Waals surface area contributed by atoms with Gasteiger partial charge in [-0.2, -0.15) is 0 Å². The van der Waals surface area contributed by atoms with E-state index in [2.05, 4.69) is 26.8 Å². The third-order valence-corrected chi connectivity index (χ3v) is 4.20. The predicted octanol–water partition coefficient (Wildman–Crippen LogP) is 6.19. The lowest BCUT2D eigenvalue weighted by atomic mass is 9.35. The van der Waals surface area contributed by atoms with Gasteiger partial charge in [0.1, 0.15) is 0 Å². The Morgan fingerprint density at radius 2 is 1.63 bits per heavy atom. The molecule has 0 aliphatic carbocycles. The summed E-state index contributed by atoms with van der Waals surface area (Å²) in [4.78, 5) is 0. The maximum absolute atomic E-state index is 5.73. The van der Waals surface area contributed by atoms with Crippen molar-refractivity contribution in [3.63, 3.8) is 0 Å². The van der Waals surface area contributed by atoms with Crippen LogP contribution < -0.4 is 0 Å². The molecule has 0 bridgehead atoms. The van der Waals surface area contributed by atoms with E-state index >= 15 is 0 Å². The first kappa shape index (κ1) is 16.4. The third kappa shape index (κ3) is 5.88. The molecule has 108 valence electrons. The molecule has 0 aliphatic rings. The van der Waals surface area contributed by atoms with Crippen molar-refractivity contribution < 1.29 is 4.42 Å². The van der Waals surface area contributed by atoms with E-state index in [1.165, 1.54) is 63.3 Å². The second-order valence-corrected chi connectivity index (χ2v) is 5.81.